The van der Waals surface area contributed by atoms with Gasteiger partial charge >= 0.3 is 7.60 Å². The maximum absolute atomic E-state index is 11.5. The number of carbonyl (C=O) groups is 1. The van der Waals surface area contributed by atoms with Gasteiger partial charge in [0.05, 0.1) is 12.3 Å². The molecule has 0 aromatic rings. The highest BCUT2D eigenvalue weighted by Gasteiger charge is 2.23. The van der Waals surface area contributed by atoms with Crippen molar-refractivity contribution in [2.45, 2.75) is 13.0 Å². The van der Waals surface area contributed by atoms with Crippen LogP contribution in [-0.4, -0.2) is 37.7 Å². The maximum Gasteiger partial charge on any atom is 0.343 e. The van der Waals surface area contributed by atoms with E-state index in [1.54, 1.807) is 0 Å². The van der Waals surface area contributed by atoms with Crippen molar-refractivity contribution in [3.05, 3.63) is 0 Å². The minimum Gasteiger partial charge on any atom is -0.311 e. The van der Waals surface area contributed by atoms with Crippen molar-refractivity contribution < 1.29 is 23.6 Å². The monoisotopic (exact) mass is 226 g/mol. The number of hydrogen-bond donors (Lipinski definition) is 3. The van der Waals surface area contributed by atoms with Crippen molar-refractivity contribution in [2.24, 2.45) is 0 Å². The summed E-state index contributed by atoms with van der Waals surface area (Å²) in [5.41, 5.74) is 1.46. The Morgan fingerprint density at radius 3 is 2.36 bits per heavy atom. The molecule has 0 aliphatic heterocycles. The van der Waals surface area contributed by atoms with Gasteiger partial charge in [-0.05, 0) is 6.92 Å². The molecule has 1 unspecified atom stereocenters. The number of nitrogens with one attached hydrogen (secondary N) is 2. The van der Waals surface area contributed by atoms with Crippen LogP contribution in [0.1, 0.15) is 6.92 Å². The first-order valence-electron chi connectivity index (χ1n) is 3.87. The molecule has 14 heavy (non-hydrogen) atoms. The first-order valence-corrected chi connectivity index (χ1v) is 5.59. The molecule has 0 bridgehead atoms. The van der Waals surface area contributed by atoms with E-state index in [2.05, 4.69) is 14.4 Å². The van der Waals surface area contributed by atoms with Crippen LogP contribution >= 0.6 is 7.60 Å². The molecular formula is C6H15N2O5P. The molecule has 0 fully saturated rings. The lowest BCUT2D eigenvalue weighted by Crippen LogP contribution is -2.41. The van der Waals surface area contributed by atoms with E-state index in [1.807, 2.05) is 0 Å². The van der Waals surface area contributed by atoms with Gasteiger partial charge in [0.1, 0.15) is 0 Å². The Balaban J connectivity index is 4.04. The topological polar surface area (TPSA) is 96.9 Å². The van der Waals surface area contributed by atoms with Gasteiger partial charge in [-0.2, -0.15) is 0 Å². The highest BCUT2D eigenvalue weighted by atomic mass is 31.2. The van der Waals surface area contributed by atoms with Crippen LogP contribution in [0.4, 0.5) is 0 Å². The Hall–Kier alpha value is -0.460. The molecule has 0 saturated carbocycles. The van der Waals surface area contributed by atoms with E-state index in [-0.39, 0.29) is 6.29 Å². The zero-order chi connectivity index (χ0) is 11.2. The average molecular weight is 226 g/mol. The molecule has 0 aromatic carbocycles. The normalized spacial score (nSPS) is 13.7. The van der Waals surface area contributed by atoms with Crippen LogP contribution in [0, 0.1) is 0 Å². The summed E-state index contributed by atoms with van der Waals surface area (Å²) in [6.07, 6.45) is -0.103. The molecule has 0 saturated heterocycles. The van der Waals surface area contributed by atoms with Gasteiger partial charge in [0, 0.05) is 14.2 Å². The third-order valence-corrected chi connectivity index (χ3v) is 3.33. The van der Waals surface area contributed by atoms with Gasteiger partial charge in [0.25, 0.3) is 5.91 Å². The Morgan fingerprint density at radius 1 is 1.50 bits per heavy atom. The smallest absolute Gasteiger partial charge is 0.311 e. The maximum atomic E-state index is 11.5. The fourth-order valence-electron chi connectivity index (χ4n) is 0.642. The summed E-state index contributed by atoms with van der Waals surface area (Å²) in [6.45, 7) is 1.50. The highest BCUT2D eigenvalue weighted by Crippen LogP contribution is 2.44. The molecule has 0 aliphatic rings. The number of amides is 1. The average Bonchev–Trinajstić information content (AvgIpc) is 2.24. The molecule has 0 spiro atoms. The molecule has 0 rings (SSSR count). The Bertz CT molecular complexity index is 226. The van der Waals surface area contributed by atoms with Crippen LogP contribution < -0.4 is 10.8 Å². The van der Waals surface area contributed by atoms with Crippen LogP contribution in [0.2, 0.25) is 0 Å². The predicted octanol–water partition coefficient (Wildman–Crippen LogP) is -0.0867. The number of rotatable bonds is 6. The lowest BCUT2D eigenvalue weighted by Gasteiger charge is -2.16. The quantitative estimate of drug-likeness (QED) is 0.333. The molecule has 0 radical (unpaired) electrons. The van der Waals surface area contributed by atoms with E-state index in [1.165, 1.54) is 26.6 Å². The van der Waals surface area contributed by atoms with Crippen molar-refractivity contribution in [3.8, 4) is 0 Å². The van der Waals surface area contributed by atoms with Gasteiger partial charge in [-0.15, -0.1) is 0 Å². The standard InChI is InChI=1S/C6H15N2O5P/c1-5(6(9)8-10)7-4-14(11,12-2)13-3/h5,7,10H,4H2,1-3H3,(H,8,9). The van der Waals surface area contributed by atoms with Gasteiger partial charge in [-0.1, -0.05) is 0 Å². The second-order valence-electron chi connectivity index (χ2n) is 2.54. The third-order valence-electron chi connectivity index (χ3n) is 1.65. The second-order valence-corrected chi connectivity index (χ2v) is 4.80. The van der Waals surface area contributed by atoms with Crippen molar-refractivity contribution in [3.63, 3.8) is 0 Å². The lowest BCUT2D eigenvalue weighted by molar-refractivity contribution is -0.130. The van der Waals surface area contributed by atoms with Crippen molar-refractivity contribution in [2.75, 3.05) is 20.5 Å². The summed E-state index contributed by atoms with van der Waals surface area (Å²) in [7, 11) is -0.653. The van der Waals surface area contributed by atoms with Crippen LogP contribution in [0.15, 0.2) is 0 Å². The summed E-state index contributed by atoms with van der Waals surface area (Å²) in [6, 6.07) is -0.682. The summed E-state index contributed by atoms with van der Waals surface area (Å²) < 4.78 is 20.7. The highest BCUT2D eigenvalue weighted by molar-refractivity contribution is 7.53. The van der Waals surface area contributed by atoms with Gasteiger partial charge in [-0.3, -0.25) is 19.9 Å². The summed E-state index contributed by atoms with van der Waals surface area (Å²) in [4.78, 5) is 10.8. The van der Waals surface area contributed by atoms with Crippen LogP contribution in [-0.2, 0) is 18.4 Å². The summed E-state index contributed by atoms with van der Waals surface area (Å²) in [5, 5.41) is 10.9. The molecule has 1 amide bonds. The van der Waals surface area contributed by atoms with E-state index in [0.717, 1.165) is 0 Å². The Kier molecular flexibility index (Phi) is 5.90. The fraction of sp³-hybridized carbons (Fsp3) is 0.833. The fourth-order valence-corrected chi connectivity index (χ4v) is 1.55. The van der Waals surface area contributed by atoms with E-state index < -0.39 is 19.5 Å². The zero-order valence-corrected chi connectivity index (χ0v) is 9.21. The third kappa shape index (κ3) is 4.17. The van der Waals surface area contributed by atoms with E-state index in [9.17, 15) is 9.36 Å². The molecule has 7 nitrogen and oxygen atoms in total. The Labute approximate surface area is 82.3 Å². The first kappa shape index (κ1) is 13.5. The van der Waals surface area contributed by atoms with Gasteiger partial charge < -0.3 is 9.05 Å². The number of hydroxylamine groups is 1. The SMILES string of the molecule is COP(=O)(CNC(C)C(=O)NO)OC. The summed E-state index contributed by atoms with van der Waals surface area (Å²) >= 11 is 0. The zero-order valence-electron chi connectivity index (χ0n) is 8.31. The molecule has 0 aliphatic carbocycles. The number of hydrogen-bond acceptors (Lipinski definition) is 6. The van der Waals surface area contributed by atoms with E-state index >= 15 is 0 Å². The van der Waals surface area contributed by atoms with E-state index in [0.29, 0.717) is 0 Å². The molecule has 8 heteroatoms. The molecular weight excluding hydrogens is 211 g/mol. The van der Waals surface area contributed by atoms with Crippen molar-refractivity contribution in [1.82, 2.24) is 10.8 Å². The lowest BCUT2D eigenvalue weighted by atomic mass is 10.3. The van der Waals surface area contributed by atoms with Crippen molar-refractivity contribution >= 4 is 13.5 Å². The molecule has 1 atom stereocenters. The number of carbonyl (C=O) groups excluding carboxylic acids is 1. The minimum atomic E-state index is -3.16. The molecule has 0 heterocycles. The second kappa shape index (κ2) is 6.10. The molecule has 0 aromatic heterocycles. The van der Waals surface area contributed by atoms with Crippen LogP contribution in [0.3, 0.4) is 0 Å². The van der Waals surface area contributed by atoms with Gasteiger partial charge in [0.15, 0.2) is 0 Å². The van der Waals surface area contributed by atoms with E-state index in [4.69, 9.17) is 5.21 Å². The van der Waals surface area contributed by atoms with Crippen LogP contribution in [0.5, 0.6) is 0 Å². The van der Waals surface area contributed by atoms with Crippen molar-refractivity contribution in [1.29, 1.82) is 0 Å². The largest absolute Gasteiger partial charge is 0.343 e. The predicted molar refractivity (Wildman–Crippen MR) is 49.0 cm³/mol. The van der Waals surface area contributed by atoms with Gasteiger partial charge in [-0.25, -0.2) is 5.48 Å². The Morgan fingerprint density at radius 2 is 2.00 bits per heavy atom. The first-order chi connectivity index (χ1) is 6.49. The molecule has 3 N–H and O–H groups in total. The minimum absolute atomic E-state index is 0.103. The van der Waals surface area contributed by atoms with Gasteiger partial charge in [0.2, 0.25) is 0 Å². The summed E-state index contributed by atoms with van der Waals surface area (Å²) in [5.74, 6) is -0.622. The van der Waals surface area contributed by atoms with Crippen LogP contribution in [0.25, 0.3) is 0 Å². The molecule has 84 valence electrons.